The van der Waals surface area contributed by atoms with Gasteiger partial charge in [-0.25, -0.2) is 0 Å². The Morgan fingerprint density at radius 1 is 1.00 bits per heavy atom. The molecule has 0 saturated carbocycles. The van der Waals surface area contributed by atoms with Gasteiger partial charge in [0.25, 0.3) is 0 Å². The number of hydrogen-bond acceptors (Lipinski definition) is 5. The normalized spacial score (nSPS) is 14.1. The lowest BCUT2D eigenvalue weighted by Crippen LogP contribution is -2.47. The van der Waals surface area contributed by atoms with Crippen LogP contribution in [-0.2, 0) is 9.59 Å². The minimum atomic E-state index is -0.769. The number of nitrogens with one attached hydrogen (secondary N) is 2. The predicted octanol–water partition coefficient (Wildman–Crippen LogP) is 2.48. The fraction of sp³-hybridized carbons (Fsp3) is 0.318. The topological polar surface area (TPSA) is 88.5 Å². The van der Waals surface area contributed by atoms with E-state index in [1.54, 1.807) is 24.3 Å². The van der Waals surface area contributed by atoms with Crippen LogP contribution in [0.15, 0.2) is 48.5 Å². The first kappa shape index (κ1) is 21.6. The summed E-state index contributed by atoms with van der Waals surface area (Å²) in [6.07, 6.45) is 0.759. The number of nitrogens with zero attached hydrogens (tertiary/aromatic N) is 3. The summed E-state index contributed by atoms with van der Waals surface area (Å²) in [5, 5.41) is 14.9. The van der Waals surface area contributed by atoms with E-state index in [0.717, 1.165) is 44.2 Å². The molecule has 7 nitrogen and oxygen atoms in total. The van der Waals surface area contributed by atoms with Crippen molar-refractivity contribution in [3.8, 4) is 6.07 Å². The first-order chi connectivity index (χ1) is 14.6. The average Bonchev–Trinajstić information content (AvgIpc) is 2.78. The van der Waals surface area contributed by atoms with Gasteiger partial charge in [0.1, 0.15) is 6.07 Å². The molecule has 0 radical (unpaired) electrons. The number of carbonyl (C=O) groups excluding carboxylic acids is 2. The Morgan fingerprint density at radius 2 is 1.70 bits per heavy atom. The fourth-order valence-electron chi connectivity index (χ4n) is 3.34. The molecule has 2 aromatic rings. The minimum absolute atomic E-state index is 0.316. The zero-order valence-corrected chi connectivity index (χ0v) is 17.4. The molecule has 3 rings (SSSR count). The van der Waals surface area contributed by atoms with E-state index in [9.17, 15) is 9.59 Å². The summed E-state index contributed by atoms with van der Waals surface area (Å²) in [5.74, 6) is -1.47. The molecule has 0 atom stereocenters. The van der Waals surface area contributed by atoms with Gasteiger partial charge in [0.15, 0.2) is 0 Å². The summed E-state index contributed by atoms with van der Waals surface area (Å²) < 4.78 is 0. The van der Waals surface area contributed by atoms with Gasteiger partial charge < -0.3 is 15.5 Å². The van der Waals surface area contributed by atoms with Gasteiger partial charge >= 0.3 is 11.8 Å². The highest BCUT2D eigenvalue weighted by Gasteiger charge is 2.18. The molecule has 30 heavy (non-hydrogen) atoms. The monoisotopic (exact) mass is 425 g/mol. The Hall–Kier alpha value is -3.08. The highest BCUT2D eigenvalue weighted by Crippen LogP contribution is 2.19. The molecule has 8 heteroatoms. The second-order valence-electron chi connectivity index (χ2n) is 7.03. The van der Waals surface area contributed by atoms with E-state index in [-0.39, 0.29) is 0 Å². The van der Waals surface area contributed by atoms with E-state index < -0.39 is 11.8 Å². The summed E-state index contributed by atoms with van der Waals surface area (Å²) >= 11 is 5.95. The fourth-order valence-corrected chi connectivity index (χ4v) is 3.46. The molecule has 2 aromatic carbocycles. The van der Waals surface area contributed by atoms with Crippen molar-refractivity contribution in [3.05, 3.63) is 59.1 Å². The van der Waals surface area contributed by atoms with Crippen LogP contribution in [0.4, 0.5) is 11.4 Å². The molecule has 1 saturated heterocycles. The molecule has 2 N–H and O–H groups in total. The van der Waals surface area contributed by atoms with Gasteiger partial charge in [-0.05, 0) is 49.4 Å². The third-order valence-electron chi connectivity index (χ3n) is 5.00. The van der Waals surface area contributed by atoms with Crippen LogP contribution in [0.5, 0.6) is 0 Å². The van der Waals surface area contributed by atoms with Crippen molar-refractivity contribution in [2.45, 2.75) is 6.42 Å². The molecule has 0 unspecified atom stereocenters. The van der Waals surface area contributed by atoms with Crippen molar-refractivity contribution in [3.63, 3.8) is 0 Å². The lowest BCUT2D eigenvalue weighted by Gasteiger charge is -2.36. The van der Waals surface area contributed by atoms with Crippen LogP contribution in [0.1, 0.15) is 12.0 Å². The van der Waals surface area contributed by atoms with Crippen LogP contribution < -0.4 is 15.5 Å². The number of carbonyl (C=O) groups is 2. The second kappa shape index (κ2) is 10.6. The zero-order valence-electron chi connectivity index (χ0n) is 16.6. The van der Waals surface area contributed by atoms with Crippen molar-refractivity contribution >= 4 is 34.8 Å². The molecular formula is C22H24ClN5O2. The van der Waals surface area contributed by atoms with Gasteiger partial charge in [-0.3, -0.25) is 14.5 Å². The summed E-state index contributed by atoms with van der Waals surface area (Å²) in [6.45, 7) is 5.05. The molecule has 0 aromatic heterocycles. The van der Waals surface area contributed by atoms with E-state index in [1.165, 1.54) is 5.69 Å². The number of nitriles is 1. The highest BCUT2D eigenvalue weighted by molar-refractivity contribution is 6.39. The number of amides is 2. The summed E-state index contributed by atoms with van der Waals surface area (Å²) in [7, 11) is 0. The Kier molecular flexibility index (Phi) is 7.66. The average molecular weight is 426 g/mol. The largest absolute Gasteiger partial charge is 0.369 e. The molecule has 1 fully saturated rings. The molecule has 0 bridgehead atoms. The second-order valence-corrected chi connectivity index (χ2v) is 7.46. The van der Waals surface area contributed by atoms with Crippen molar-refractivity contribution in [2.24, 2.45) is 0 Å². The highest BCUT2D eigenvalue weighted by atomic mass is 35.5. The molecule has 1 aliphatic heterocycles. The van der Waals surface area contributed by atoms with Gasteiger partial charge in [-0.1, -0.05) is 23.7 Å². The molecule has 156 valence electrons. The Balaban J connectivity index is 1.34. The lowest BCUT2D eigenvalue weighted by molar-refractivity contribution is -0.136. The summed E-state index contributed by atoms with van der Waals surface area (Å²) in [4.78, 5) is 28.7. The van der Waals surface area contributed by atoms with E-state index in [1.807, 2.05) is 30.3 Å². The maximum Gasteiger partial charge on any atom is 0.313 e. The number of halogens is 1. The van der Waals surface area contributed by atoms with Crippen LogP contribution in [0.3, 0.4) is 0 Å². The van der Waals surface area contributed by atoms with Crippen molar-refractivity contribution in [1.29, 1.82) is 5.26 Å². The number of hydrogen-bond donors (Lipinski definition) is 2. The van der Waals surface area contributed by atoms with E-state index in [2.05, 4.69) is 20.4 Å². The molecule has 2 amide bonds. The third kappa shape index (κ3) is 5.96. The number of anilines is 2. The van der Waals surface area contributed by atoms with Crippen LogP contribution in [0, 0.1) is 11.3 Å². The van der Waals surface area contributed by atoms with Crippen molar-refractivity contribution < 1.29 is 9.59 Å². The smallest absolute Gasteiger partial charge is 0.313 e. The van der Waals surface area contributed by atoms with E-state index in [0.29, 0.717) is 17.8 Å². The van der Waals surface area contributed by atoms with Gasteiger partial charge in [-0.15, -0.1) is 0 Å². The van der Waals surface area contributed by atoms with Gasteiger partial charge in [-0.2, -0.15) is 5.26 Å². The Bertz CT molecular complexity index is 918. The van der Waals surface area contributed by atoms with Crippen LogP contribution in [0.2, 0.25) is 5.02 Å². The Labute approximate surface area is 181 Å². The van der Waals surface area contributed by atoms with Crippen molar-refractivity contribution in [1.82, 2.24) is 10.2 Å². The van der Waals surface area contributed by atoms with Crippen LogP contribution in [-0.4, -0.2) is 56.0 Å². The standard InChI is InChI=1S/C22H24ClN5O2/c23-18-6-8-19(9-7-18)28-14-12-27(13-15-28)11-3-10-25-21(29)22(30)26-20-5-2-1-4-17(20)16-24/h1-2,4-9H,3,10-15H2,(H,25,29)(H,26,30). The molecule has 1 heterocycles. The maximum atomic E-state index is 12.0. The van der Waals surface area contributed by atoms with Gasteiger partial charge in [0.2, 0.25) is 0 Å². The maximum absolute atomic E-state index is 12.0. The first-order valence-electron chi connectivity index (χ1n) is 9.88. The van der Waals surface area contributed by atoms with Crippen LogP contribution >= 0.6 is 11.6 Å². The van der Waals surface area contributed by atoms with Crippen molar-refractivity contribution in [2.75, 3.05) is 49.5 Å². The van der Waals surface area contributed by atoms with E-state index >= 15 is 0 Å². The number of piperazine rings is 1. The number of benzene rings is 2. The molecule has 1 aliphatic rings. The molecule has 0 spiro atoms. The van der Waals surface area contributed by atoms with Gasteiger partial charge in [0.05, 0.1) is 11.3 Å². The van der Waals surface area contributed by atoms with E-state index in [4.69, 9.17) is 16.9 Å². The minimum Gasteiger partial charge on any atom is -0.369 e. The number of para-hydroxylation sites is 1. The quantitative estimate of drug-likeness (QED) is 0.548. The third-order valence-corrected chi connectivity index (χ3v) is 5.25. The summed E-state index contributed by atoms with van der Waals surface area (Å²) in [5.41, 5.74) is 1.82. The number of rotatable bonds is 6. The zero-order chi connectivity index (χ0) is 21.3. The predicted molar refractivity (Wildman–Crippen MR) is 118 cm³/mol. The SMILES string of the molecule is N#Cc1ccccc1NC(=O)C(=O)NCCCN1CCN(c2ccc(Cl)cc2)CC1. The molecular weight excluding hydrogens is 402 g/mol. The Morgan fingerprint density at radius 3 is 2.40 bits per heavy atom. The first-order valence-corrected chi connectivity index (χ1v) is 10.3. The van der Waals surface area contributed by atoms with Gasteiger partial charge in [0, 0.05) is 43.4 Å². The summed E-state index contributed by atoms with van der Waals surface area (Å²) in [6, 6.07) is 16.4. The van der Waals surface area contributed by atoms with Crippen LogP contribution in [0.25, 0.3) is 0 Å². The molecule has 0 aliphatic carbocycles. The lowest BCUT2D eigenvalue weighted by atomic mass is 10.2.